The van der Waals surface area contributed by atoms with Crippen molar-refractivity contribution in [2.45, 2.75) is 58.2 Å². The number of nitrogens with zero attached hydrogens (tertiary/aromatic N) is 3. The molecule has 266 valence electrons. The van der Waals surface area contributed by atoms with E-state index in [0.29, 0.717) is 38.9 Å². The molecule has 0 aliphatic carbocycles. The number of thiophene rings is 1. The van der Waals surface area contributed by atoms with Gasteiger partial charge in [-0.25, -0.2) is 9.97 Å². The molecule has 6 heterocycles. The summed E-state index contributed by atoms with van der Waals surface area (Å²) in [6, 6.07) is 4.15. The number of nitrogens with one attached hydrogen (secondary N) is 3. The van der Waals surface area contributed by atoms with Crippen LogP contribution in [0.25, 0.3) is 0 Å². The molecule has 0 saturated carbocycles. The number of carboxylic acids is 3. The summed E-state index contributed by atoms with van der Waals surface area (Å²) in [5.74, 6) is -3.28. The van der Waals surface area contributed by atoms with E-state index >= 15 is 0 Å². The molecule has 0 amide bonds. The molecule has 6 rings (SSSR count). The number of thiazole rings is 2. The average Bonchev–Trinajstić information content (AvgIpc) is 3.91. The summed E-state index contributed by atoms with van der Waals surface area (Å²) >= 11 is 4.78. The molecule has 0 radical (unpaired) electrons. The van der Waals surface area contributed by atoms with Gasteiger partial charge in [-0.1, -0.05) is 0 Å². The van der Waals surface area contributed by atoms with E-state index in [4.69, 9.17) is 0 Å². The lowest BCUT2D eigenvalue weighted by Gasteiger charge is -2.20. The van der Waals surface area contributed by atoms with Gasteiger partial charge < -0.3 is 31.3 Å². The minimum Gasteiger partial charge on any atom is -0.481 e. The van der Waals surface area contributed by atoms with Crippen molar-refractivity contribution in [2.24, 2.45) is 35.5 Å². The largest absolute Gasteiger partial charge is 0.481 e. The lowest BCUT2D eigenvalue weighted by atomic mass is 9.88. The molecule has 3 aromatic heterocycles. The van der Waals surface area contributed by atoms with E-state index < -0.39 is 35.7 Å². The van der Waals surface area contributed by atoms with Crippen molar-refractivity contribution in [1.29, 1.82) is 0 Å². The van der Waals surface area contributed by atoms with Crippen molar-refractivity contribution in [3.8, 4) is 0 Å². The van der Waals surface area contributed by atoms with Gasteiger partial charge in [0.1, 0.15) is 0 Å². The van der Waals surface area contributed by atoms with E-state index in [9.17, 15) is 29.7 Å². The Balaban J connectivity index is 1.16. The molecule has 12 nitrogen and oxygen atoms in total. The SMILES string of the molecule is O=C(O)C(Cc1ccc(CN(Cc2cnc(CC(C(=O)O)C3CCNC3)s2)Cc2cnc(CC(C(=O)O)C3CCNC3)s2)s1)C1CCNC1. The van der Waals surface area contributed by atoms with E-state index in [-0.39, 0.29) is 17.8 Å². The first-order valence-corrected chi connectivity index (χ1v) is 19.6. The van der Waals surface area contributed by atoms with Gasteiger partial charge in [-0.05, 0) is 94.8 Å². The highest BCUT2D eigenvalue weighted by molar-refractivity contribution is 7.12. The van der Waals surface area contributed by atoms with Gasteiger partial charge in [0, 0.05) is 64.4 Å². The van der Waals surface area contributed by atoms with E-state index in [0.717, 1.165) is 88.1 Å². The number of carbonyl (C=O) groups is 3. The third-order valence-electron chi connectivity index (χ3n) is 10.2. The van der Waals surface area contributed by atoms with Crippen LogP contribution < -0.4 is 16.0 Å². The molecule has 3 fully saturated rings. The van der Waals surface area contributed by atoms with E-state index in [1.165, 1.54) is 0 Å². The van der Waals surface area contributed by atoms with Crippen molar-refractivity contribution in [3.63, 3.8) is 0 Å². The van der Waals surface area contributed by atoms with Crippen molar-refractivity contribution >= 4 is 51.9 Å². The van der Waals surface area contributed by atoms with Gasteiger partial charge in [0.05, 0.1) is 27.8 Å². The summed E-state index contributed by atoms with van der Waals surface area (Å²) in [6.07, 6.45) is 7.67. The highest BCUT2D eigenvalue weighted by atomic mass is 32.1. The third kappa shape index (κ3) is 9.72. The minimum atomic E-state index is -0.773. The number of aromatic nitrogens is 2. The molecule has 6 atom stereocenters. The minimum absolute atomic E-state index is 0.103. The number of aliphatic carboxylic acids is 3. The van der Waals surface area contributed by atoms with Crippen LogP contribution in [0.15, 0.2) is 24.5 Å². The van der Waals surface area contributed by atoms with Crippen LogP contribution >= 0.6 is 34.0 Å². The zero-order valence-corrected chi connectivity index (χ0v) is 30.0. The van der Waals surface area contributed by atoms with Crippen LogP contribution in [-0.2, 0) is 53.3 Å². The fourth-order valence-corrected chi connectivity index (χ4v) is 10.7. The number of hydrogen-bond donors (Lipinski definition) is 6. The van der Waals surface area contributed by atoms with Crippen molar-refractivity contribution in [2.75, 3.05) is 39.3 Å². The second-order valence-electron chi connectivity index (χ2n) is 13.7. The van der Waals surface area contributed by atoms with Crippen LogP contribution in [-0.4, -0.2) is 87.4 Å². The Hall–Kier alpha value is -2.79. The third-order valence-corrected chi connectivity index (χ3v) is 13.3. The Morgan fingerprint density at radius 2 is 1.04 bits per heavy atom. The fraction of sp³-hybridized carbons (Fsp3) is 0.618. The van der Waals surface area contributed by atoms with E-state index in [1.54, 1.807) is 34.0 Å². The number of hydrogen-bond acceptors (Lipinski definition) is 12. The van der Waals surface area contributed by atoms with E-state index in [1.807, 2.05) is 12.4 Å². The maximum atomic E-state index is 12.1. The van der Waals surface area contributed by atoms with Gasteiger partial charge in [-0.15, -0.1) is 34.0 Å². The average molecular weight is 731 g/mol. The van der Waals surface area contributed by atoms with Crippen LogP contribution in [0.2, 0.25) is 0 Å². The Labute approximate surface area is 298 Å². The van der Waals surface area contributed by atoms with Gasteiger partial charge in [0.2, 0.25) is 0 Å². The zero-order valence-electron chi connectivity index (χ0n) is 27.5. The van der Waals surface area contributed by atoms with Gasteiger partial charge >= 0.3 is 17.9 Å². The molecule has 49 heavy (non-hydrogen) atoms. The fourth-order valence-electron chi connectivity index (χ4n) is 7.50. The molecule has 3 saturated heterocycles. The Bertz CT molecular complexity index is 1380. The van der Waals surface area contributed by atoms with Crippen molar-refractivity contribution in [1.82, 2.24) is 30.8 Å². The summed E-state index contributed by atoms with van der Waals surface area (Å²) in [5.41, 5.74) is 0. The molecular formula is C34H46N6O6S3. The first kappa shape index (κ1) is 36.0. The second kappa shape index (κ2) is 16.9. The molecule has 3 aromatic rings. The topological polar surface area (TPSA) is 177 Å². The second-order valence-corrected chi connectivity index (χ2v) is 17.3. The monoisotopic (exact) mass is 730 g/mol. The highest BCUT2D eigenvalue weighted by Gasteiger charge is 2.33. The summed E-state index contributed by atoms with van der Waals surface area (Å²) in [6.45, 7) is 6.60. The number of rotatable bonds is 18. The highest BCUT2D eigenvalue weighted by Crippen LogP contribution is 2.31. The Morgan fingerprint density at radius 3 is 1.45 bits per heavy atom. The summed E-state index contributed by atoms with van der Waals surface area (Å²) in [5, 5.41) is 41.4. The lowest BCUT2D eigenvalue weighted by Crippen LogP contribution is -2.27. The van der Waals surface area contributed by atoms with Crippen LogP contribution in [0.4, 0.5) is 0 Å². The molecule has 0 aromatic carbocycles. The summed E-state index contributed by atoms with van der Waals surface area (Å²) < 4.78 is 0. The molecule has 3 aliphatic heterocycles. The van der Waals surface area contributed by atoms with Crippen LogP contribution in [0, 0.1) is 35.5 Å². The van der Waals surface area contributed by atoms with Crippen molar-refractivity contribution < 1.29 is 29.7 Å². The normalized spacial score (nSPS) is 22.8. The molecule has 15 heteroatoms. The molecule has 6 unspecified atom stereocenters. The standard InChI is InChI=1S/C34H46N6O6S3/c41-32(42)27(20-3-6-35-12-20)9-23-1-2-24(47-23)17-40(18-25-15-38-30(48-25)10-28(33(43)44)21-4-7-36-13-21)19-26-16-39-31(49-26)11-29(34(45)46)22-5-8-37-14-22/h1-2,15-16,20-22,27-29,35-37H,3-14,17-19H2,(H,41,42)(H,43,44)(H,45,46). The van der Waals surface area contributed by atoms with Gasteiger partial charge in [0.15, 0.2) is 0 Å². The van der Waals surface area contributed by atoms with Gasteiger partial charge in [0.25, 0.3) is 0 Å². The predicted octanol–water partition coefficient (Wildman–Crippen LogP) is 3.42. The Kier molecular flexibility index (Phi) is 12.5. The number of carboxylic acid groups (broad SMARTS) is 3. The smallest absolute Gasteiger partial charge is 0.307 e. The van der Waals surface area contributed by atoms with Crippen molar-refractivity contribution in [3.05, 3.63) is 54.1 Å². The van der Waals surface area contributed by atoms with Crippen LogP contribution in [0.3, 0.4) is 0 Å². The molecule has 6 N–H and O–H groups in total. The summed E-state index contributed by atoms with van der Waals surface area (Å²) in [4.78, 5) is 52.2. The quantitative estimate of drug-likeness (QED) is 0.113. The molecule has 3 aliphatic rings. The lowest BCUT2D eigenvalue weighted by molar-refractivity contribution is -0.144. The van der Waals surface area contributed by atoms with Gasteiger partial charge in [-0.3, -0.25) is 19.3 Å². The van der Waals surface area contributed by atoms with Gasteiger partial charge in [-0.2, -0.15) is 0 Å². The first-order valence-electron chi connectivity index (χ1n) is 17.2. The van der Waals surface area contributed by atoms with Crippen LogP contribution in [0.1, 0.15) is 48.8 Å². The predicted molar refractivity (Wildman–Crippen MR) is 189 cm³/mol. The molecular weight excluding hydrogens is 685 g/mol. The maximum absolute atomic E-state index is 12.1. The maximum Gasteiger partial charge on any atom is 0.307 e. The molecule has 0 bridgehead atoms. The summed E-state index contributed by atoms with van der Waals surface area (Å²) in [7, 11) is 0. The van der Waals surface area contributed by atoms with Crippen LogP contribution in [0.5, 0.6) is 0 Å². The Morgan fingerprint density at radius 1 is 0.633 bits per heavy atom. The molecule has 0 spiro atoms. The van der Waals surface area contributed by atoms with E-state index in [2.05, 4.69) is 43.0 Å². The zero-order chi connectivity index (χ0) is 34.3. The first-order chi connectivity index (χ1) is 23.7.